The van der Waals surface area contributed by atoms with E-state index in [1.807, 2.05) is 0 Å². The predicted octanol–water partition coefficient (Wildman–Crippen LogP) is 1.23. The van der Waals surface area contributed by atoms with Gasteiger partial charge in [0.1, 0.15) is 4.90 Å². The number of benzene rings is 1. The Morgan fingerprint density at radius 2 is 2.14 bits per heavy atom. The van der Waals surface area contributed by atoms with E-state index in [0.29, 0.717) is 19.0 Å². The van der Waals surface area contributed by atoms with Crippen LogP contribution in [0.25, 0.3) is 0 Å². The average Bonchev–Trinajstić information content (AvgIpc) is 3.00. The second-order valence-corrected chi connectivity index (χ2v) is 7.53. The van der Waals surface area contributed by atoms with Gasteiger partial charge in [-0.2, -0.15) is 4.31 Å². The lowest BCUT2D eigenvalue weighted by Crippen LogP contribution is -2.39. The molecule has 114 valence electrons. The Labute approximate surface area is 127 Å². The number of nitrogens with zero attached hydrogens (tertiary/aromatic N) is 2. The molecule has 0 bridgehead atoms. The Balaban J connectivity index is 2.02. The van der Waals surface area contributed by atoms with Crippen molar-refractivity contribution in [2.45, 2.75) is 17.4 Å². The zero-order valence-corrected chi connectivity index (χ0v) is 12.6. The van der Waals surface area contributed by atoms with Gasteiger partial charge < -0.3 is 5.32 Å². The van der Waals surface area contributed by atoms with Crippen LogP contribution < -0.4 is 5.32 Å². The van der Waals surface area contributed by atoms with Crippen LogP contribution in [0, 0.1) is 16.0 Å². The summed E-state index contributed by atoms with van der Waals surface area (Å²) < 4.78 is 26.9. The first-order chi connectivity index (χ1) is 9.91. The second-order valence-electron chi connectivity index (χ2n) is 5.26. The molecule has 2 fully saturated rings. The van der Waals surface area contributed by atoms with Crippen LogP contribution in [0.1, 0.15) is 6.42 Å². The molecule has 0 aliphatic carbocycles. The topological polar surface area (TPSA) is 92.5 Å². The molecule has 2 atom stereocenters. The van der Waals surface area contributed by atoms with Crippen LogP contribution in [0.5, 0.6) is 0 Å². The van der Waals surface area contributed by atoms with Crippen molar-refractivity contribution in [3.63, 3.8) is 0 Å². The first kappa shape index (κ1) is 14.7. The third kappa shape index (κ3) is 2.42. The molecule has 2 heterocycles. The molecule has 3 rings (SSSR count). The van der Waals surface area contributed by atoms with Crippen molar-refractivity contribution in [3.8, 4) is 0 Å². The Bertz CT molecular complexity index is 694. The molecule has 21 heavy (non-hydrogen) atoms. The highest BCUT2D eigenvalue weighted by atomic mass is 35.5. The van der Waals surface area contributed by atoms with Gasteiger partial charge in [0.15, 0.2) is 0 Å². The van der Waals surface area contributed by atoms with Crippen molar-refractivity contribution < 1.29 is 13.3 Å². The van der Waals surface area contributed by atoms with Gasteiger partial charge in [0.05, 0.1) is 9.95 Å². The van der Waals surface area contributed by atoms with E-state index >= 15 is 0 Å². The Morgan fingerprint density at radius 1 is 1.38 bits per heavy atom. The van der Waals surface area contributed by atoms with Gasteiger partial charge in [0, 0.05) is 31.3 Å². The van der Waals surface area contributed by atoms with Crippen LogP contribution in [-0.4, -0.2) is 43.3 Å². The number of non-ortho nitro benzene ring substituents is 1. The second kappa shape index (κ2) is 5.20. The number of fused-ring (bicyclic) bond motifs is 1. The van der Waals surface area contributed by atoms with Crippen molar-refractivity contribution in [2.75, 3.05) is 19.6 Å². The summed E-state index contributed by atoms with van der Waals surface area (Å²) in [5.74, 6) is 0.303. The number of rotatable bonds is 3. The Hall–Kier alpha value is -1.22. The van der Waals surface area contributed by atoms with Gasteiger partial charge in [-0.15, -0.1) is 0 Å². The van der Waals surface area contributed by atoms with Crippen molar-refractivity contribution in [3.05, 3.63) is 33.3 Å². The van der Waals surface area contributed by atoms with E-state index < -0.39 is 14.9 Å². The predicted molar refractivity (Wildman–Crippen MR) is 76.8 cm³/mol. The van der Waals surface area contributed by atoms with E-state index in [0.717, 1.165) is 19.0 Å². The maximum Gasteiger partial charge on any atom is 0.270 e. The number of hydrogen-bond donors (Lipinski definition) is 1. The molecule has 0 unspecified atom stereocenters. The summed E-state index contributed by atoms with van der Waals surface area (Å²) in [4.78, 5) is 10.0. The van der Waals surface area contributed by atoms with E-state index in [4.69, 9.17) is 11.6 Å². The molecule has 0 radical (unpaired) electrons. The molecule has 7 nitrogen and oxygen atoms in total. The van der Waals surface area contributed by atoms with E-state index in [1.54, 1.807) is 0 Å². The quantitative estimate of drug-likeness (QED) is 0.664. The molecule has 9 heteroatoms. The molecule has 2 aliphatic heterocycles. The number of hydrogen-bond acceptors (Lipinski definition) is 5. The van der Waals surface area contributed by atoms with E-state index in [2.05, 4.69) is 5.32 Å². The molecule has 1 aromatic rings. The first-order valence-corrected chi connectivity index (χ1v) is 8.39. The number of nitro benzene ring substituents is 1. The molecular formula is C12H14ClN3O4S. The lowest BCUT2D eigenvalue weighted by Gasteiger charge is -2.23. The number of nitro groups is 1. The van der Waals surface area contributed by atoms with Crippen molar-refractivity contribution in [2.24, 2.45) is 5.92 Å². The van der Waals surface area contributed by atoms with Gasteiger partial charge in [0.25, 0.3) is 5.69 Å². The molecule has 0 spiro atoms. The van der Waals surface area contributed by atoms with Gasteiger partial charge in [-0.25, -0.2) is 8.42 Å². The lowest BCUT2D eigenvalue weighted by molar-refractivity contribution is -0.385. The summed E-state index contributed by atoms with van der Waals surface area (Å²) in [5, 5.41) is 14.0. The fourth-order valence-electron chi connectivity index (χ4n) is 3.04. The molecular weight excluding hydrogens is 318 g/mol. The molecule has 0 amide bonds. The van der Waals surface area contributed by atoms with Crippen molar-refractivity contribution in [1.82, 2.24) is 9.62 Å². The van der Waals surface area contributed by atoms with E-state index in [-0.39, 0.29) is 21.6 Å². The minimum atomic E-state index is -3.82. The van der Waals surface area contributed by atoms with Crippen LogP contribution in [-0.2, 0) is 10.0 Å². The van der Waals surface area contributed by atoms with Crippen LogP contribution in [0.2, 0.25) is 5.02 Å². The van der Waals surface area contributed by atoms with Gasteiger partial charge in [0.2, 0.25) is 10.0 Å². The third-order valence-electron chi connectivity index (χ3n) is 4.11. The maximum absolute atomic E-state index is 12.8. The van der Waals surface area contributed by atoms with Gasteiger partial charge in [-0.05, 0) is 24.9 Å². The molecule has 1 aromatic carbocycles. The zero-order chi connectivity index (χ0) is 15.2. The highest BCUT2D eigenvalue weighted by molar-refractivity contribution is 7.89. The molecule has 0 saturated carbocycles. The maximum atomic E-state index is 12.8. The summed E-state index contributed by atoms with van der Waals surface area (Å²) in [6.07, 6.45) is 0.795. The standard InChI is InChI=1S/C12H14ClN3O4S/c13-10-2-1-9(16(17)18)5-12(10)21(19,20)15-4-3-8-6-14-7-11(8)15/h1-2,5,8,11,14H,3-4,6-7H2/t8-,11+/m0/s1. The largest absolute Gasteiger partial charge is 0.315 e. The SMILES string of the molecule is O=[N+]([O-])c1ccc(Cl)c(S(=O)(=O)N2CC[C@H]3CNC[C@H]32)c1. The fourth-order valence-corrected chi connectivity index (χ4v) is 5.23. The summed E-state index contributed by atoms with van der Waals surface area (Å²) >= 11 is 5.96. The minimum absolute atomic E-state index is 0.00926. The van der Waals surface area contributed by atoms with Crippen molar-refractivity contribution >= 4 is 27.3 Å². The fraction of sp³-hybridized carbons (Fsp3) is 0.500. The molecule has 2 saturated heterocycles. The smallest absolute Gasteiger partial charge is 0.270 e. The summed E-state index contributed by atoms with van der Waals surface area (Å²) in [6, 6.07) is 3.40. The Morgan fingerprint density at radius 3 is 2.86 bits per heavy atom. The normalized spacial score (nSPS) is 26.0. The van der Waals surface area contributed by atoms with Crippen LogP contribution >= 0.6 is 11.6 Å². The first-order valence-electron chi connectivity index (χ1n) is 6.58. The average molecular weight is 332 g/mol. The highest BCUT2D eigenvalue weighted by Crippen LogP contribution is 2.35. The highest BCUT2D eigenvalue weighted by Gasteiger charge is 2.44. The monoisotopic (exact) mass is 331 g/mol. The van der Waals surface area contributed by atoms with Crippen molar-refractivity contribution in [1.29, 1.82) is 0 Å². The van der Waals surface area contributed by atoms with Gasteiger partial charge in [-0.1, -0.05) is 11.6 Å². The number of sulfonamides is 1. The summed E-state index contributed by atoms with van der Waals surface area (Å²) in [7, 11) is -3.82. The van der Waals surface area contributed by atoms with Crippen LogP contribution in [0.4, 0.5) is 5.69 Å². The number of nitrogens with one attached hydrogen (secondary N) is 1. The van der Waals surface area contributed by atoms with Crippen LogP contribution in [0.15, 0.2) is 23.1 Å². The van der Waals surface area contributed by atoms with Crippen LogP contribution in [0.3, 0.4) is 0 Å². The number of halogens is 1. The van der Waals surface area contributed by atoms with E-state index in [9.17, 15) is 18.5 Å². The zero-order valence-electron chi connectivity index (χ0n) is 11.0. The minimum Gasteiger partial charge on any atom is -0.315 e. The van der Waals surface area contributed by atoms with E-state index in [1.165, 1.54) is 16.4 Å². The van der Waals surface area contributed by atoms with Gasteiger partial charge in [-0.3, -0.25) is 10.1 Å². The van der Waals surface area contributed by atoms with Gasteiger partial charge >= 0.3 is 0 Å². The lowest BCUT2D eigenvalue weighted by atomic mass is 10.1. The summed E-state index contributed by atoms with van der Waals surface area (Å²) in [5.41, 5.74) is -0.279. The molecule has 1 N–H and O–H groups in total. The summed E-state index contributed by atoms with van der Waals surface area (Å²) in [6.45, 7) is 1.84. The Kier molecular flexibility index (Phi) is 3.64. The molecule has 2 aliphatic rings. The third-order valence-corrected chi connectivity index (χ3v) is 6.51. The molecule has 0 aromatic heterocycles.